The number of nitrogens with two attached hydrogens (primary N) is 2. The molecule has 284 valence electrons. The average Bonchev–Trinajstić information content (AvgIpc) is 3.10. The maximum atomic E-state index is 13.7. The minimum absolute atomic E-state index is 0.00891. The Kier molecular flexibility index (Phi) is 18.9. The van der Waals surface area contributed by atoms with Crippen LogP contribution >= 0.6 is 11.8 Å². The topological polar surface area (TPSA) is 252 Å². The number of hydrogen-bond donors (Lipinski definition) is 8. The fraction of sp³-hybridized carbons (Fsp3) is 0.472. The van der Waals surface area contributed by atoms with E-state index in [-0.39, 0.29) is 38.0 Å². The highest BCUT2D eigenvalue weighted by Gasteiger charge is 2.30. The quantitative estimate of drug-likeness (QED) is 0.0757. The second-order valence-electron chi connectivity index (χ2n) is 12.8. The van der Waals surface area contributed by atoms with Crippen LogP contribution in [0.1, 0.15) is 50.7 Å². The van der Waals surface area contributed by atoms with Crippen molar-refractivity contribution in [1.82, 2.24) is 26.6 Å². The van der Waals surface area contributed by atoms with Crippen molar-refractivity contribution >= 4 is 53.2 Å². The highest BCUT2D eigenvalue weighted by molar-refractivity contribution is 7.98. The molecule has 52 heavy (non-hydrogen) atoms. The molecular formula is C36H51N7O8S. The zero-order chi connectivity index (χ0) is 38.6. The molecule has 0 radical (unpaired) electrons. The van der Waals surface area contributed by atoms with Crippen molar-refractivity contribution in [2.45, 2.75) is 82.6 Å². The van der Waals surface area contributed by atoms with Crippen molar-refractivity contribution in [3.8, 4) is 0 Å². The summed E-state index contributed by atoms with van der Waals surface area (Å²) in [5.41, 5.74) is 12.8. The Bertz CT molecular complexity index is 1500. The first-order chi connectivity index (χ1) is 24.7. The number of amides is 6. The molecule has 2 aromatic rings. The maximum Gasteiger partial charge on any atom is 0.303 e. The highest BCUT2D eigenvalue weighted by Crippen LogP contribution is 2.09. The van der Waals surface area contributed by atoms with Crippen LogP contribution in [-0.4, -0.2) is 95.3 Å². The standard InChI is InChI=1S/C36H51N7O8S/c1-22(2)18-27(35(50)41-26(32(38)47)16-17-52-3)40-30(44)21-39-34(49)28(19-23-10-6-4-7-11-23)43-36(51)29(20-24-12-8-5-9-13-24)42-33(48)25(37)14-15-31(45)46/h4-13,22,25-29H,14-21,37H2,1-3H3,(H2,38,47)(H,39,49)(H,40,44)(H,41,50)(H,42,48)(H,43,51)(H,45,46). The minimum atomic E-state index is -1.19. The molecule has 6 amide bonds. The largest absolute Gasteiger partial charge is 0.481 e. The molecule has 15 nitrogen and oxygen atoms in total. The number of carboxylic acids is 1. The molecule has 5 atom stereocenters. The summed E-state index contributed by atoms with van der Waals surface area (Å²) in [4.78, 5) is 89.3. The van der Waals surface area contributed by atoms with Gasteiger partial charge in [-0.05, 0) is 48.3 Å². The number of carboxylic acid groups (broad SMARTS) is 1. The van der Waals surface area contributed by atoms with E-state index in [9.17, 15) is 33.6 Å². The van der Waals surface area contributed by atoms with E-state index in [1.165, 1.54) is 11.8 Å². The molecule has 0 aliphatic carbocycles. The number of benzene rings is 2. The molecule has 2 rings (SSSR count). The van der Waals surface area contributed by atoms with E-state index in [1.807, 2.05) is 20.1 Å². The van der Waals surface area contributed by atoms with Crippen LogP contribution in [-0.2, 0) is 46.4 Å². The van der Waals surface area contributed by atoms with Crippen LogP contribution < -0.4 is 38.1 Å². The molecule has 0 aromatic heterocycles. The van der Waals surface area contributed by atoms with Gasteiger partial charge in [0.15, 0.2) is 0 Å². The van der Waals surface area contributed by atoms with Crippen LogP contribution in [0.5, 0.6) is 0 Å². The van der Waals surface area contributed by atoms with Gasteiger partial charge in [-0.1, -0.05) is 74.5 Å². The van der Waals surface area contributed by atoms with Crippen LogP contribution in [0.25, 0.3) is 0 Å². The zero-order valence-electron chi connectivity index (χ0n) is 29.8. The monoisotopic (exact) mass is 741 g/mol. The molecule has 16 heteroatoms. The van der Waals surface area contributed by atoms with Crippen molar-refractivity contribution in [3.63, 3.8) is 0 Å². The Morgan fingerprint density at radius 3 is 1.69 bits per heavy atom. The first kappa shape index (κ1) is 43.2. The van der Waals surface area contributed by atoms with Crippen molar-refractivity contribution in [2.24, 2.45) is 17.4 Å². The lowest BCUT2D eigenvalue weighted by Crippen LogP contribution is -2.58. The highest BCUT2D eigenvalue weighted by atomic mass is 32.2. The number of thioether (sulfide) groups is 1. The second kappa shape index (κ2) is 22.8. The third-order valence-corrected chi connectivity index (χ3v) is 8.53. The van der Waals surface area contributed by atoms with Crippen molar-refractivity contribution in [2.75, 3.05) is 18.6 Å². The molecule has 0 heterocycles. The SMILES string of the molecule is CSCCC(NC(=O)C(CC(C)C)NC(=O)CNC(=O)C(Cc1ccccc1)NC(=O)C(Cc1ccccc1)NC(=O)C(N)CCC(=O)O)C(N)=O. The summed E-state index contributed by atoms with van der Waals surface area (Å²) in [6.07, 6.45) is 2.02. The predicted molar refractivity (Wildman–Crippen MR) is 198 cm³/mol. The molecule has 2 aromatic carbocycles. The Balaban J connectivity index is 2.21. The van der Waals surface area contributed by atoms with Crippen LogP contribution in [0.15, 0.2) is 60.7 Å². The summed E-state index contributed by atoms with van der Waals surface area (Å²) in [6, 6.07) is 12.2. The Morgan fingerprint density at radius 2 is 1.19 bits per heavy atom. The molecular weight excluding hydrogens is 691 g/mol. The lowest BCUT2D eigenvalue weighted by molar-refractivity contribution is -0.137. The summed E-state index contributed by atoms with van der Waals surface area (Å²) in [5.74, 6) is -4.64. The number of nitrogens with one attached hydrogen (secondary N) is 5. The summed E-state index contributed by atoms with van der Waals surface area (Å²) >= 11 is 1.49. The van der Waals surface area contributed by atoms with E-state index in [1.54, 1.807) is 60.7 Å². The lowest BCUT2D eigenvalue weighted by Gasteiger charge is -2.25. The number of primary amides is 1. The number of aliphatic carboxylic acids is 1. The summed E-state index contributed by atoms with van der Waals surface area (Å²) < 4.78 is 0. The van der Waals surface area contributed by atoms with Crippen molar-refractivity contribution in [1.29, 1.82) is 0 Å². The minimum Gasteiger partial charge on any atom is -0.481 e. The molecule has 0 bridgehead atoms. The number of carbonyl (C=O) groups is 7. The summed E-state index contributed by atoms with van der Waals surface area (Å²) in [7, 11) is 0. The van der Waals surface area contributed by atoms with Crippen molar-refractivity contribution in [3.05, 3.63) is 71.8 Å². The zero-order valence-corrected chi connectivity index (χ0v) is 30.6. The van der Waals surface area contributed by atoms with Gasteiger partial charge in [-0.25, -0.2) is 0 Å². The van der Waals surface area contributed by atoms with Gasteiger partial charge in [-0.2, -0.15) is 11.8 Å². The normalized spacial score (nSPS) is 13.8. The molecule has 0 saturated heterocycles. The van der Waals surface area contributed by atoms with Gasteiger partial charge in [0.1, 0.15) is 24.2 Å². The smallest absolute Gasteiger partial charge is 0.303 e. The molecule has 5 unspecified atom stereocenters. The van der Waals surface area contributed by atoms with Gasteiger partial charge >= 0.3 is 5.97 Å². The Labute approximate surface area is 308 Å². The number of carbonyl (C=O) groups excluding carboxylic acids is 6. The van der Waals surface area contributed by atoms with Crippen LogP contribution in [0, 0.1) is 5.92 Å². The van der Waals surface area contributed by atoms with Crippen LogP contribution in [0.2, 0.25) is 0 Å². The van der Waals surface area contributed by atoms with E-state index < -0.39 is 78.2 Å². The fourth-order valence-corrected chi connectivity index (χ4v) is 5.58. The van der Waals surface area contributed by atoms with Crippen molar-refractivity contribution < 1.29 is 38.7 Å². The van der Waals surface area contributed by atoms with Gasteiger partial charge in [0.25, 0.3) is 0 Å². The van der Waals surface area contributed by atoms with Gasteiger partial charge < -0.3 is 43.2 Å². The molecule has 0 saturated carbocycles. The van der Waals surface area contributed by atoms with Crippen LogP contribution in [0.4, 0.5) is 0 Å². The van der Waals surface area contributed by atoms with Gasteiger partial charge in [-0.3, -0.25) is 33.6 Å². The molecule has 0 spiro atoms. The van der Waals surface area contributed by atoms with Gasteiger partial charge in [0.2, 0.25) is 35.4 Å². The molecule has 0 aliphatic heterocycles. The predicted octanol–water partition coefficient (Wildman–Crippen LogP) is 0.00380. The third kappa shape index (κ3) is 16.4. The number of hydrogen-bond acceptors (Lipinski definition) is 9. The van der Waals surface area contributed by atoms with Gasteiger partial charge in [0, 0.05) is 19.3 Å². The van der Waals surface area contributed by atoms with E-state index in [2.05, 4.69) is 26.6 Å². The maximum absolute atomic E-state index is 13.7. The van der Waals surface area contributed by atoms with Gasteiger partial charge in [0.05, 0.1) is 12.6 Å². The first-order valence-electron chi connectivity index (χ1n) is 17.0. The van der Waals surface area contributed by atoms with Crippen LogP contribution in [0.3, 0.4) is 0 Å². The second-order valence-corrected chi connectivity index (χ2v) is 13.7. The van der Waals surface area contributed by atoms with Gasteiger partial charge in [-0.15, -0.1) is 0 Å². The van der Waals surface area contributed by atoms with E-state index in [0.717, 1.165) is 0 Å². The van der Waals surface area contributed by atoms with E-state index in [4.69, 9.17) is 16.6 Å². The van der Waals surface area contributed by atoms with E-state index >= 15 is 0 Å². The fourth-order valence-electron chi connectivity index (χ4n) is 5.11. The average molecular weight is 742 g/mol. The Morgan fingerprint density at radius 1 is 0.692 bits per heavy atom. The summed E-state index contributed by atoms with van der Waals surface area (Å²) in [6.45, 7) is 3.19. The summed E-state index contributed by atoms with van der Waals surface area (Å²) in [5, 5.41) is 22.0. The van der Waals surface area contributed by atoms with E-state index in [0.29, 0.717) is 23.3 Å². The molecule has 0 aliphatic rings. The third-order valence-electron chi connectivity index (χ3n) is 7.89. The Hall–Kier alpha value is -4.96. The molecule has 10 N–H and O–H groups in total. The molecule has 0 fully saturated rings. The first-order valence-corrected chi connectivity index (χ1v) is 18.4. The number of rotatable bonds is 23. The lowest BCUT2D eigenvalue weighted by atomic mass is 10.0.